The van der Waals surface area contributed by atoms with Crippen LogP contribution in [0.2, 0.25) is 0 Å². The van der Waals surface area contributed by atoms with Crippen LogP contribution in [0.4, 0.5) is 0 Å². The highest BCUT2D eigenvalue weighted by atomic mass is 16.5. The lowest BCUT2D eigenvalue weighted by molar-refractivity contribution is 0.476. The number of pyridine rings is 1. The van der Waals surface area contributed by atoms with Crippen LogP contribution in [0.1, 0.15) is 0 Å². The molecule has 0 atom stereocenters. The van der Waals surface area contributed by atoms with Gasteiger partial charge in [0.15, 0.2) is 11.5 Å². The molecule has 8 rings (SSSR count). The maximum atomic E-state index is 6.28. The second-order valence-corrected chi connectivity index (χ2v) is 9.05. The number of hydrogen-bond donors (Lipinski definition) is 0. The summed E-state index contributed by atoms with van der Waals surface area (Å²) in [6.07, 6.45) is 3.77. The molecule has 0 saturated carbocycles. The zero-order valence-electron chi connectivity index (χ0n) is 19.2. The maximum absolute atomic E-state index is 6.28. The van der Waals surface area contributed by atoms with E-state index < -0.39 is 0 Å². The first-order valence-corrected chi connectivity index (χ1v) is 12.0. The average molecular weight is 462 g/mol. The summed E-state index contributed by atoms with van der Waals surface area (Å²) in [6.45, 7) is 0. The van der Waals surface area contributed by atoms with E-state index >= 15 is 0 Å². The molecule has 0 unspecified atom stereocenters. The number of nitrogens with zero attached hydrogens (tertiary/aromatic N) is 3. The summed E-state index contributed by atoms with van der Waals surface area (Å²) in [7, 11) is 0. The third-order valence-corrected chi connectivity index (χ3v) is 7.07. The summed E-state index contributed by atoms with van der Waals surface area (Å²) in [6, 6.07) is 35.6. The number of aromatic nitrogens is 3. The Bertz CT molecular complexity index is 1910. The summed E-state index contributed by atoms with van der Waals surface area (Å²) < 4.78 is 8.55. The second-order valence-electron chi connectivity index (χ2n) is 9.05. The lowest BCUT2D eigenvalue weighted by Crippen LogP contribution is -2.06. The Hall–Kier alpha value is -4.96. The van der Waals surface area contributed by atoms with E-state index in [2.05, 4.69) is 76.3 Å². The van der Waals surface area contributed by atoms with E-state index in [1.54, 1.807) is 0 Å². The Morgan fingerprint density at radius 3 is 1.97 bits per heavy atom. The number of benzene rings is 5. The Balaban J connectivity index is 1.59. The zero-order valence-corrected chi connectivity index (χ0v) is 19.2. The molecule has 4 nitrogen and oxygen atoms in total. The molecule has 3 heterocycles. The minimum Gasteiger partial charge on any atom is -0.453 e. The van der Waals surface area contributed by atoms with E-state index in [9.17, 15) is 0 Å². The number of imidazole rings is 1. The topological polar surface area (TPSA) is 39.9 Å². The highest BCUT2D eigenvalue weighted by molar-refractivity contribution is 6.21. The Morgan fingerprint density at radius 1 is 0.583 bits per heavy atom. The van der Waals surface area contributed by atoms with Crippen molar-refractivity contribution in [1.29, 1.82) is 0 Å². The lowest BCUT2D eigenvalue weighted by atomic mass is 9.88. The average Bonchev–Trinajstić information content (AvgIpc) is 3.33. The fraction of sp³-hybridized carbons (Fsp3) is 0. The van der Waals surface area contributed by atoms with E-state index in [0.717, 1.165) is 55.9 Å². The minimum absolute atomic E-state index is 0.825. The summed E-state index contributed by atoms with van der Waals surface area (Å²) in [5.74, 6) is 2.57. The Labute approximate surface area is 207 Å². The van der Waals surface area contributed by atoms with Gasteiger partial charge in [-0.2, -0.15) is 0 Å². The van der Waals surface area contributed by atoms with Gasteiger partial charge in [-0.05, 0) is 57.4 Å². The SMILES string of the molecule is c1cncc(-c2c3ccccc3c(-c3nc4cccc5c4n3-c3ccccc3O5)c3ccccc23)c1. The van der Waals surface area contributed by atoms with Gasteiger partial charge in [0.1, 0.15) is 11.3 Å². The van der Waals surface area contributed by atoms with Crippen molar-refractivity contribution in [1.82, 2.24) is 14.5 Å². The summed E-state index contributed by atoms with van der Waals surface area (Å²) in [4.78, 5) is 9.65. The van der Waals surface area contributed by atoms with Crippen molar-refractivity contribution in [2.24, 2.45) is 0 Å². The molecule has 7 aromatic rings. The molecule has 0 saturated heterocycles. The van der Waals surface area contributed by atoms with Gasteiger partial charge < -0.3 is 4.74 Å². The standard InChI is InChI=1S/C32H19N3O/c1-3-12-23-21(10-1)29(20-9-8-18-33-19-20)22-11-2-4-13-24(22)30(23)32-34-25-14-7-17-28-31(25)35(32)26-15-5-6-16-27(26)36-28/h1-19H. The number of hydrogen-bond acceptors (Lipinski definition) is 3. The summed E-state index contributed by atoms with van der Waals surface area (Å²) in [5, 5.41) is 4.68. The van der Waals surface area contributed by atoms with Crippen LogP contribution in [-0.2, 0) is 0 Å². The first kappa shape index (κ1) is 19.4. The first-order valence-electron chi connectivity index (χ1n) is 12.0. The quantitative estimate of drug-likeness (QED) is 0.244. The van der Waals surface area contributed by atoms with Crippen LogP contribution in [0, 0.1) is 0 Å². The van der Waals surface area contributed by atoms with Gasteiger partial charge >= 0.3 is 0 Å². The van der Waals surface area contributed by atoms with Gasteiger partial charge in [-0.3, -0.25) is 9.55 Å². The molecule has 36 heavy (non-hydrogen) atoms. The van der Waals surface area contributed by atoms with Crippen LogP contribution in [0.25, 0.3) is 60.8 Å². The van der Waals surface area contributed by atoms with E-state index in [0.29, 0.717) is 0 Å². The Morgan fingerprint density at radius 2 is 1.25 bits per heavy atom. The van der Waals surface area contributed by atoms with Crippen LogP contribution in [0.15, 0.2) is 116 Å². The van der Waals surface area contributed by atoms with Crippen molar-refractivity contribution < 1.29 is 4.74 Å². The third-order valence-electron chi connectivity index (χ3n) is 7.07. The molecule has 0 spiro atoms. The van der Waals surface area contributed by atoms with Crippen molar-refractivity contribution in [3.8, 4) is 39.7 Å². The van der Waals surface area contributed by atoms with Crippen molar-refractivity contribution in [2.45, 2.75) is 0 Å². The van der Waals surface area contributed by atoms with E-state index in [1.807, 2.05) is 48.8 Å². The van der Waals surface area contributed by atoms with Gasteiger partial charge in [0, 0.05) is 23.5 Å². The van der Waals surface area contributed by atoms with Gasteiger partial charge in [0.05, 0.1) is 11.2 Å². The molecule has 0 fully saturated rings. The van der Waals surface area contributed by atoms with Gasteiger partial charge in [0.25, 0.3) is 0 Å². The summed E-state index contributed by atoms with van der Waals surface area (Å²) >= 11 is 0. The van der Waals surface area contributed by atoms with E-state index in [-0.39, 0.29) is 0 Å². The van der Waals surface area contributed by atoms with Crippen LogP contribution >= 0.6 is 0 Å². The predicted molar refractivity (Wildman–Crippen MR) is 145 cm³/mol. The fourth-order valence-electron chi connectivity index (χ4n) is 5.62. The zero-order chi connectivity index (χ0) is 23.6. The van der Waals surface area contributed by atoms with Gasteiger partial charge in [-0.25, -0.2) is 4.98 Å². The Kier molecular flexibility index (Phi) is 3.91. The largest absolute Gasteiger partial charge is 0.453 e. The van der Waals surface area contributed by atoms with Crippen molar-refractivity contribution >= 4 is 32.6 Å². The van der Waals surface area contributed by atoms with Gasteiger partial charge in [0.2, 0.25) is 0 Å². The molecular weight excluding hydrogens is 442 g/mol. The van der Waals surface area contributed by atoms with E-state index in [4.69, 9.17) is 9.72 Å². The van der Waals surface area contributed by atoms with Crippen molar-refractivity contribution in [2.75, 3.05) is 0 Å². The van der Waals surface area contributed by atoms with E-state index in [1.165, 1.54) is 16.3 Å². The first-order chi connectivity index (χ1) is 17.9. The molecule has 1 aliphatic rings. The maximum Gasteiger partial charge on any atom is 0.153 e. The molecule has 168 valence electrons. The number of rotatable bonds is 2. The normalized spacial score (nSPS) is 12.1. The molecule has 0 bridgehead atoms. The number of para-hydroxylation sites is 3. The molecule has 0 N–H and O–H groups in total. The monoisotopic (exact) mass is 461 g/mol. The summed E-state index contributed by atoms with van der Waals surface area (Å²) in [5.41, 5.74) is 6.33. The molecule has 0 amide bonds. The number of ether oxygens (including phenoxy) is 1. The smallest absolute Gasteiger partial charge is 0.153 e. The molecule has 4 heteroatoms. The number of fused-ring (bicyclic) bond motifs is 4. The lowest BCUT2D eigenvalue weighted by Gasteiger charge is -2.22. The molecular formula is C32H19N3O. The highest BCUT2D eigenvalue weighted by Crippen LogP contribution is 2.47. The highest BCUT2D eigenvalue weighted by Gasteiger charge is 2.27. The van der Waals surface area contributed by atoms with Crippen LogP contribution in [-0.4, -0.2) is 14.5 Å². The van der Waals surface area contributed by atoms with Gasteiger partial charge in [-0.1, -0.05) is 72.8 Å². The third kappa shape index (κ3) is 2.58. The van der Waals surface area contributed by atoms with Gasteiger partial charge in [-0.15, -0.1) is 0 Å². The van der Waals surface area contributed by atoms with Crippen LogP contribution < -0.4 is 4.74 Å². The van der Waals surface area contributed by atoms with Crippen molar-refractivity contribution in [3.05, 3.63) is 116 Å². The van der Waals surface area contributed by atoms with Crippen molar-refractivity contribution in [3.63, 3.8) is 0 Å². The predicted octanol–water partition coefficient (Wildman–Crippen LogP) is 8.17. The molecule has 0 aliphatic carbocycles. The molecule has 1 aliphatic heterocycles. The fourth-order valence-corrected chi connectivity index (χ4v) is 5.62. The molecule has 2 aromatic heterocycles. The van der Waals surface area contributed by atoms with Crippen LogP contribution in [0.3, 0.4) is 0 Å². The van der Waals surface area contributed by atoms with Crippen LogP contribution in [0.5, 0.6) is 11.5 Å². The minimum atomic E-state index is 0.825. The second kappa shape index (κ2) is 7.27. The molecule has 5 aromatic carbocycles. The molecule has 0 radical (unpaired) electrons.